The van der Waals surface area contributed by atoms with E-state index in [1.54, 1.807) is 12.1 Å². The van der Waals surface area contributed by atoms with E-state index in [2.05, 4.69) is 4.74 Å². The Morgan fingerprint density at radius 2 is 2.00 bits per heavy atom. The SMILES string of the molecule is COC(=O)[Se]c1ccc(Cl)cc1. The normalized spacial score (nSPS) is 9.50. The summed E-state index contributed by atoms with van der Waals surface area (Å²) in [6.45, 7) is 0. The molecule has 0 heterocycles. The van der Waals surface area contributed by atoms with E-state index in [1.807, 2.05) is 12.1 Å². The summed E-state index contributed by atoms with van der Waals surface area (Å²) in [7, 11) is 1.39. The molecule has 2 nitrogen and oxygen atoms in total. The van der Waals surface area contributed by atoms with Crippen molar-refractivity contribution in [2.45, 2.75) is 0 Å². The maximum atomic E-state index is 10.8. The molecule has 0 aliphatic rings. The molecule has 0 saturated carbocycles. The van der Waals surface area contributed by atoms with E-state index in [4.69, 9.17) is 11.6 Å². The summed E-state index contributed by atoms with van der Waals surface area (Å²) in [5.74, 6) is 0. The first-order chi connectivity index (χ1) is 5.72. The first kappa shape index (κ1) is 9.59. The van der Waals surface area contributed by atoms with Gasteiger partial charge < -0.3 is 0 Å². The summed E-state index contributed by atoms with van der Waals surface area (Å²) in [5.41, 5.74) is 0. The third kappa shape index (κ3) is 2.86. The first-order valence-electron chi connectivity index (χ1n) is 3.24. The average Bonchev–Trinajstić information content (AvgIpc) is 2.09. The second kappa shape index (κ2) is 4.51. The zero-order chi connectivity index (χ0) is 8.97. The average molecular weight is 250 g/mol. The second-order valence-corrected chi connectivity index (χ2v) is 4.56. The predicted molar refractivity (Wildman–Crippen MR) is 49.2 cm³/mol. The molecule has 1 rings (SSSR count). The Morgan fingerprint density at radius 3 is 2.50 bits per heavy atom. The molecule has 0 fully saturated rings. The summed E-state index contributed by atoms with van der Waals surface area (Å²) >= 11 is 5.42. The van der Waals surface area contributed by atoms with Crippen LogP contribution in [0.15, 0.2) is 24.3 Å². The number of rotatable bonds is 2. The summed E-state index contributed by atoms with van der Waals surface area (Å²) < 4.78 is 5.51. The first-order valence-corrected chi connectivity index (χ1v) is 5.33. The summed E-state index contributed by atoms with van der Waals surface area (Å²) in [6.07, 6.45) is 0. The third-order valence-electron chi connectivity index (χ3n) is 1.18. The molecular formula is C8H7ClO2Se. The number of ether oxygens (including phenoxy) is 1. The summed E-state index contributed by atoms with van der Waals surface area (Å²) in [4.78, 5) is 10.7. The van der Waals surface area contributed by atoms with Gasteiger partial charge in [-0.05, 0) is 0 Å². The van der Waals surface area contributed by atoms with Crippen molar-refractivity contribution < 1.29 is 9.53 Å². The van der Waals surface area contributed by atoms with Crippen molar-refractivity contribution in [3.63, 3.8) is 0 Å². The number of methoxy groups -OCH3 is 1. The molecule has 0 bridgehead atoms. The van der Waals surface area contributed by atoms with Crippen LogP contribution in [0.2, 0.25) is 5.02 Å². The molecular weight excluding hydrogens is 242 g/mol. The van der Waals surface area contributed by atoms with Gasteiger partial charge in [-0.15, -0.1) is 0 Å². The zero-order valence-electron chi connectivity index (χ0n) is 6.41. The van der Waals surface area contributed by atoms with Crippen molar-refractivity contribution >= 4 is 35.9 Å². The van der Waals surface area contributed by atoms with Crippen LogP contribution in [0.25, 0.3) is 0 Å². The minimum atomic E-state index is -0.251. The van der Waals surface area contributed by atoms with Crippen molar-refractivity contribution in [3.05, 3.63) is 29.3 Å². The van der Waals surface area contributed by atoms with Gasteiger partial charge >= 0.3 is 81.8 Å². The molecule has 0 aliphatic heterocycles. The quantitative estimate of drug-likeness (QED) is 0.742. The van der Waals surface area contributed by atoms with E-state index in [0.717, 1.165) is 4.46 Å². The molecule has 12 heavy (non-hydrogen) atoms. The molecule has 0 amide bonds. The standard InChI is InChI=1S/C8H7ClO2Se/c1-11-8(10)12-7-4-2-6(9)3-5-7/h2-5H,1H3. The van der Waals surface area contributed by atoms with Gasteiger partial charge in [-0.25, -0.2) is 0 Å². The molecule has 0 aromatic heterocycles. The number of hydrogen-bond acceptors (Lipinski definition) is 2. The fourth-order valence-electron chi connectivity index (χ4n) is 0.641. The van der Waals surface area contributed by atoms with Crippen LogP contribution >= 0.6 is 11.6 Å². The number of carbonyl (C=O) groups excluding carboxylic acids is 1. The van der Waals surface area contributed by atoms with Crippen LogP contribution in [0, 0.1) is 0 Å². The van der Waals surface area contributed by atoms with Crippen LogP contribution in [-0.4, -0.2) is 26.9 Å². The van der Waals surface area contributed by atoms with Crippen molar-refractivity contribution in [1.29, 1.82) is 0 Å². The maximum absolute atomic E-state index is 10.8. The van der Waals surface area contributed by atoms with Crippen LogP contribution in [0.5, 0.6) is 0 Å². The number of halogens is 1. The van der Waals surface area contributed by atoms with Gasteiger partial charge in [0.25, 0.3) is 0 Å². The van der Waals surface area contributed by atoms with E-state index in [1.165, 1.54) is 7.11 Å². The topological polar surface area (TPSA) is 26.3 Å². The fourth-order valence-corrected chi connectivity index (χ4v) is 1.92. The Bertz CT molecular complexity index is 271. The van der Waals surface area contributed by atoms with Gasteiger partial charge in [0, 0.05) is 0 Å². The molecule has 0 radical (unpaired) electrons. The van der Waals surface area contributed by atoms with Crippen LogP contribution in [0.4, 0.5) is 4.79 Å². The van der Waals surface area contributed by atoms with Crippen LogP contribution in [-0.2, 0) is 4.74 Å². The van der Waals surface area contributed by atoms with Crippen LogP contribution < -0.4 is 4.46 Å². The molecule has 0 spiro atoms. The monoisotopic (exact) mass is 250 g/mol. The van der Waals surface area contributed by atoms with E-state index in [9.17, 15) is 4.79 Å². The minimum absolute atomic E-state index is 0.176. The van der Waals surface area contributed by atoms with Crippen molar-refractivity contribution in [2.24, 2.45) is 0 Å². The summed E-state index contributed by atoms with van der Waals surface area (Å²) in [6, 6.07) is 7.20. The van der Waals surface area contributed by atoms with Gasteiger partial charge in [0.15, 0.2) is 0 Å². The zero-order valence-corrected chi connectivity index (χ0v) is 8.88. The van der Waals surface area contributed by atoms with Crippen molar-refractivity contribution in [3.8, 4) is 0 Å². The molecule has 64 valence electrons. The Labute approximate surface area is 82.0 Å². The molecule has 4 heteroatoms. The second-order valence-electron chi connectivity index (χ2n) is 2.01. The van der Waals surface area contributed by atoms with E-state index in [0.29, 0.717) is 5.02 Å². The van der Waals surface area contributed by atoms with Gasteiger partial charge in [0.05, 0.1) is 0 Å². The third-order valence-corrected chi connectivity index (χ3v) is 3.20. The van der Waals surface area contributed by atoms with Gasteiger partial charge in [-0.2, -0.15) is 0 Å². The Kier molecular flexibility index (Phi) is 3.60. The molecule has 0 saturated heterocycles. The Morgan fingerprint density at radius 1 is 1.42 bits per heavy atom. The van der Waals surface area contributed by atoms with Crippen LogP contribution in [0.1, 0.15) is 0 Å². The van der Waals surface area contributed by atoms with Gasteiger partial charge in [0.2, 0.25) is 0 Å². The van der Waals surface area contributed by atoms with Crippen molar-refractivity contribution in [1.82, 2.24) is 0 Å². The van der Waals surface area contributed by atoms with Gasteiger partial charge in [0.1, 0.15) is 0 Å². The predicted octanol–water partition coefficient (Wildman–Crippen LogP) is 1.44. The van der Waals surface area contributed by atoms with Crippen LogP contribution in [0.3, 0.4) is 0 Å². The molecule has 0 aliphatic carbocycles. The molecule has 0 atom stereocenters. The molecule has 1 aromatic carbocycles. The van der Waals surface area contributed by atoms with E-state index in [-0.39, 0.29) is 19.8 Å². The van der Waals surface area contributed by atoms with Gasteiger partial charge in [-0.3, -0.25) is 0 Å². The molecule has 0 N–H and O–H groups in total. The summed E-state index contributed by atoms with van der Waals surface area (Å²) in [5, 5.41) is 0.680. The molecule has 0 unspecified atom stereocenters. The Balaban J connectivity index is 2.64. The van der Waals surface area contributed by atoms with Crippen molar-refractivity contribution in [2.75, 3.05) is 7.11 Å². The number of hydrogen-bond donors (Lipinski definition) is 0. The van der Waals surface area contributed by atoms with E-state index >= 15 is 0 Å². The number of benzene rings is 1. The fraction of sp³-hybridized carbons (Fsp3) is 0.125. The number of carbonyl (C=O) groups is 1. The van der Waals surface area contributed by atoms with Gasteiger partial charge in [-0.1, -0.05) is 0 Å². The molecule has 1 aromatic rings. The van der Waals surface area contributed by atoms with E-state index < -0.39 is 0 Å². The Hall–Kier alpha value is -0.501.